The highest BCUT2D eigenvalue weighted by atomic mass is 35.5. The predicted octanol–water partition coefficient (Wildman–Crippen LogP) is 1.98. The summed E-state index contributed by atoms with van der Waals surface area (Å²) >= 11 is 5.88. The Morgan fingerprint density at radius 3 is 2.64 bits per heavy atom. The van der Waals surface area contributed by atoms with E-state index < -0.39 is 23.0 Å². The van der Waals surface area contributed by atoms with Crippen LogP contribution in [0.1, 0.15) is 5.76 Å². The maximum absolute atomic E-state index is 12.6. The fourth-order valence-corrected chi connectivity index (χ4v) is 3.12. The van der Waals surface area contributed by atoms with Gasteiger partial charge in [0.25, 0.3) is 11.5 Å². The van der Waals surface area contributed by atoms with Crippen molar-refractivity contribution in [3.8, 4) is 0 Å². The number of pyridine rings is 1. The van der Waals surface area contributed by atoms with E-state index in [9.17, 15) is 14.4 Å². The Hall–Kier alpha value is -3.06. The average molecular weight is 358 g/mol. The third-order valence-electron chi connectivity index (χ3n) is 4.17. The highest BCUT2D eigenvalue weighted by Crippen LogP contribution is 2.32. The summed E-state index contributed by atoms with van der Waals surface area (Å²) in [7, 11) is 0. The Morgan fingerprint density at radius 2 is 1.92 bits per heavy atom. The van der Waals surface area contributed by atoms with Gasteiger partial charge in [-0.25, -0.2) is 4.79 Å². The fourth-order valence-electron chi connectivity index (χ4n) is 2.93. The number of para-hydroxylation sites is 1. The van der Waals surface area contributed by atoms with Crippen LogP contribution in [0.2, 0.25) is 5.02 Å². The molecule has 3 amide bonds. The number of urea groups is 1. The summed E-state index contributed by atoms with van der Waals surface area (Å²) in [6.07, 6.45) is 1.50. The molecule has 126 valence electrons. The molecule has 4 rings (SSSR count). The number of hydrogen-bond acceptors (Lipinski definition) is 4. The van der Waals surface area contributed by atoms with E-state index in [1.54, 1.807) is 24.3 Å². The first-order chi connectivity index (χ1) is 12.0. The first-order valence-electron chi connectivity index (χ1n) is 7.47. The smallest absolute Gasteiger partial charge is 0.322 e. The predicted molar refractivity (Wildman–Crippen MR) is 90.3 cm³/mol. The van der Waals surface area contributed by atoms with E-state index in [0.29, 0.717) is 5.58 Å². The van der Waals surface area contributed by atoms with Crippen LogP contribution < -0.4 is 16.2 Å². The third kappa shape index (κ3) is 2.40. The van der Waals surface area contributed by atoms with Gasteiger partial charge in [-0.15, -0.1) is 0 Å². The van der Waals surface area contributed by atoms with Crippen LogP contribution in [0.15, 0.2) is 57.9 Å². The van der Waals surface area contributed by atoms with Crippen LogP contribution >= 0.6 is 11.6 Å². The number of halogens is 1. The van der Waals surface area contributed by atoms with Gasteiger partial charge in [-0.3, -0.25) is 14.9 Å². The normalized spacial score (nSPS) is 19.9. The second-order valence-corrected chi connectivity index (χ2v) is 6.16. The van der Waals surface area contributed by atoms with Crippen LogP contribution in [0.25, 0.3) is 11.0 Å². The van der Waals surface area contributed by atoms with Crippen molar-refractivity contribution < 1.29 is 14.0 Å². The van der Waals surface area contributed by atoms with Crippen molar-refractivity contribution in [2.45, 2.75) is 12.1 Å². The number of carbonyl (C=O) groups is 2. The number of amides is 3. The van der Waals surface area contributed by atoms with Crippen molar-refractivity contribution in [2.75, 3.05) is 0 Å². The van der Waals surface area contributed by atoms with Crippen LogP contribution in [-0.4, -0.2) is 16.5 Å². The summed E-state index contributed by atoms with van der Waals surface area (Å²) in [5.74, 6) is -0.354. The van der Waals surface area contributed by atoms with E-state index in [4.69, 9.17) is 16.0 Å². The fraction of sp³-hybridized carbons (Fsp3) is 0.118. The van der Waals surface area contributed by atoms with Gasteiger partial charge in [0.1, 0.15) is 16.4 Å². The monoisotopic (exact) mass is 357 g/mol. The number of nitrogens with one attached hydrogen (secondary N) is 2. The minimum absolute atomic E-state index is 0.0204. The van der Waals surface area contributed by atoms with Gasteiger partial charge in [0.2, 0.25) is 0 Å². The lowest BCUT2D eigenvalue weighted by atomic mass is 9.95. The molecule has 0 radical (unpaired) electrons. The first-order valence-corrected chi connectivity index (χ1v) is 7.85. The summed E-state index contributed by atoms with van der Waals surface area (Å²) in [5, 5.41) is 5.60. The van der Waals surface area contributed by atoms with E-state index in [1.807, 2.05) is 12.1 Å². The molecule has 25 heavy (non-hydrogen) atoms. The number of carbonyl (C=O) groups excluding carboxylic acids is 2. The molecule has 1 fully saturated rings. The van der Waals surface area contributed by atoms with Gasteiger partial charge in [0, 0.05) is 11.6 Å². The molecular formula is C17H12ClN3O4. The van der Waals surface area contributed by atoms with Crippen LogP contribution in [0.5, 0.6) is 0 Å². The molecule has 1 unspecified atom stereocenters. The quantitative estimate of drug-likeness (QED) is 0.701. The molecular weight excluding hydrogens is 346 g/mol. The van der Waals surface area contributed by atoms with Crippen molar-refractivity contribution in [1.29, 1.82) is 0 Å². The zero-order valence-corrected chi connectivity index (χ0v) is 13.5. The highest BCUT2D eigenvalue weighted by molar-refractivity contribution is 6.30. The lowest BCUT2D eigenvalue weighted by molar-refractivity contribution is -0.125. The number of imide groups is 1. The Bertz CT molecular complexity index is 1040. The minimum atomic E-state index is -1.54. The van der Waals surface area contributed by atoms with Crippen LogP contribution in [0.4, 0.5) is 4.79 Å². The molecule has 0 aliphatic carbocycles. The number of nitrogens with zero attached hydrogens (tertiary/aromatic N) is 1. The van der Waals surface area contributed by atoms with Crippen molar-refractivity contribution in [3.05, 3.63) is 69.8 Å². The van der Waals surface area contributed by atoms with E-state index in [0.717, 1.165) is 5.39 Å². The summed E-state index contributed by atoms with van der Waals surface area (Å²) in [6, 6.07) is 11.3. The van der Waals surface area contributed by atoms with Crippen molar-refractivity contribution in [1.82, 2.24) is 15.2 Å². The largest absolute Gasteiger partial charge is 0.458 e. The van der Waals surface area contributed by atoms with E-state index >= 15 is 0 Å². The minimum Gasteiger partial charge on any atom is -0.458 e. The van der Waals surface area contributed by atoms with Crippen molar-refractivity contribution in [2.24, 2.45) is 0 Å². The average Bonchev–Trinajstić information content (AvgIpc) is 3.13. The van der Waals surface area contributed by atoms with Gasteiger partial charge < -0.3 is 14.3 Å². The summed E-state index contributed by atoms with van der Waals surface area (Å²) in [6.45, 7) is -0.149. The number of benzene rings is 1. The standard InChI is InChI=1S/C17H12ClN3O4/c18-11-5-3-7-21(14(11)22)9-17(15(23)19-16(24)20-17)13-8-10-4-1-2-6-12(10)25-13/h1-8H,9H2,(H2,19,20,23,24). The van der Waals surface area contributed by atoms with Gasteiger partial charge in [0.05, 0.1) is 6.54 Å². The maximum Gasteiger partial charge on any atom is 0.322 e. The van der Waals surface area contributed by atoms with Crippen LogP contribution in [0.3, 0.4) is 0 Å². The summed E-state index contributed by atoms with van der Waals surface area (Å²) in [5.41, 5.74) is -1.43. The number of rotatable bonds is 3. The van der Waals surface area contributed by atoms with E-state index in [1.165, 1.54) is 16.8 Å². The number of fused-ring (bicyclic) bond motifs is 1. The van der Waals surface area contributed by atoms with Crippen LogP contribution in [0, 0.1) is 0 Å². The third-order valence-corrected chi connectivity index (χ3v) is 4.46. The Balaban J connectivity index is 1.88. The van der Waals surface area contributed by atoms with E-state index in [2.05, 4.69) is 10.6 Å². The zero-order chi connectivity index (χ0) is 17.6. The van der Waals surface area contributed by atoms with Crippen molar-refractivity contribution in [3.63, 3.8) is 0 Å². The molecule has 2 aromatic heterocycles. The summed E-state index contributed by atoms with van der Waals surface area (Å²) < 4.78 is 7.06. The number of aromatic nitrogens is 1. The molecule has 0 bridgehead atoms. The molecule has 7 nitrogen and oxygen atoms in total. The molecule has 1 aliphatic rings. The molecule has 3 aromatic rings. The molecule has 1 aromatic carbocycles. The summed E-state index contributed by atoms with van der Waals surface area (Å²) in [4.78, 5) is 36.6. The Morgan fingerprint density at radius 1 is 1.12 bits per heavy atom. The van der Waals surface area contributed by atoms with E-state index in [-0.39, 0.29) is 17.3 Å². The van der Waals surface area contributed by atoms with Crippen molar-refractivity contribution >= 4 is 34.5 Å². The second-order valence-electron chi connectivity index (χ2n) is 5.75. The van der Waals surface area contributed by atoms with Crippen LogP contribution in [-0.2, 0) is 16.9 Å². The number of furan rings is 1. The van der Waals surface area contributed by atoms with Gasteiger partial charge in [-0.2, -0.15) is 0 Å². The molecule has 2 N–H and O–H groups in total. The lowest BCUT2D eigenvalue weighted by Gasteiger charge is -2.24. The number of hydrogen-bond donors (Lipinski definition) is 2. The zero-order valence-electron chi connectivity index (χ0n) is 12.8. The van der Waals surface area contributed by atoms with Gasteiger partial charge >= 0.3 is 6.03 Å². The molecule has 0 saturated carbocycles. The highest BCUT2D eigenvalue weighted by Gasteiger charge is 2.51. The van der Waals surface area contributed by atoms with Gasteiger partial charge in [0.15, 0.2) is 5.54 Å². The van der Waals surface area contributed by atoms with Gasteiger partial charge in [-0.05, 0) is 24.3 Å². The Kier molecular flexibility index (Phi) is 3.40. The topological polar surface area (TPSA) is 93.3 Å². The molecule has 0 spiro atoms. The Labute approximate surface area is 146 Å². The molecule has 8 heteroatoms. The first kappa shape index (κ1) is 15.5. The molecule has 3 heterocycles. The van der Waals surface area contributed by atoms with Gasteiger partial charge in [-0.1, -0.05) is 29.8 Å². The second kappa shape index (κ2) is 5.49. The molecule has 1 atom stereocenters. The molecule has 1 aliphatic heterocycles. The maximum atomic E-state index is 12.6. The SMILES string of the molecule is O=C1NC(=O)C(Cn2cccc(Cl)c2=O)(c2cc3ccccc3o2)N1. The molecule has 1 saturated heterocycles. The lowest BCUT2D eigenvalue weighted by Crippen LogP contribution is -2.48.